The van der Waals surface area contributed by atoms with E-state index >= 15 is 0 Å². The second kappa shape index (κ2) is 4.63. The summed E-state index contributed by atoms with van der Waals surface area (Å²) in [7, 11) is 1.71. The SMILES string of the molecule is COCCc1nc(Br)c2n1CC(N)CC2. The molecule has 1 atom stereocenters. The van der Waals surface area contributed by atoms with Crippen molar-refractivity contribution in [2.24, 2.45) is 5.73 Å². The Hall–Kier alpha value is -0.390. The molecule has 0 saturated carbocycles. The Morgan fingerprint density at radius 1 is 1.67 bits per heavy atom. The van der Waals surface area contributed by atoms with Crippen LogP contribution in [0.5, 0.6) is 0 Å². The Morgan fingerprint density at radius 2 is 2.47 bits per heavy atom. The third-order valence-electron chi connectivity index (χ3n) is 2.80. The second-order valence-electron chi connectivity index (χ2n) is 3.92. The Bertz CT molecular complexity index is 351. The fraction of sp³-hybridized carbons (Fsp3) is 0.700. The minimum atomic E-state index is 0.264. The summed E-state index contributed by atoms with van der Waals surface area (Å²) >= 11 is 3.50. The molecule has 2 N–H and O–H groups in total. The standard InChI is InChI=1S/C10H16BrN3O/c1-15-5-4-9-13-10(11)8-3-2-7(12)6-14(8)9/h7H,2-6,12H2,1H3. The van der Waals surface area contributed by atoms with Crippen LogP contribution in [0.2, 0.25) is 0 Å². The maximum absolute atomic E-state index is 5.96. The highest BCUT2D eigenvalue weighted by Crippen LogP contribution is 2.24. The van der Waals surface area contributed by atoms with E-state index in [-0.39, 0.29) is 6.04 Å². The Balaban J connectivity index is 2.24. The topological polar surface area (TPSA) is 53.1 Å². The molecule has 4 nitrogen and oxygen atoms in total. The van der Waals surface area contributed by atoms with Crippen molar-refractivity contribution in [3.05, 3.63) is 16.1 Å². The second-order valence-corrected chi connectivity index (χ2v) is 4.67. The molecule has 1 unspecified atom stereocenters. The normalized spacial score (nSPS) is 20.3. The molecule has 0 amide bonds. The van der Waals surface area contributed by atoms with Crippen molar-refractivity contribution >= 4 is 15.9 Å². The number of aromatic nitrogens is 2. The van der Waals surface area contributed by atoms with Crippen LogP contribution < -0.4 is 5.73 Å². The van der Waals surface area contributed by atoms with Crippen molar-refractivity contribution in [2.45, 2.75) is 31.8 Å². The van der Waals surface area contributed by atoms with E-state index in [1.165, 1.54) is 5.69 Å². The Kier molecular flexibility index (Phi) is 3.43. The van der Waals surface area contributed by atoms with Gasteiger partial charge in [0.15, 0.2) is 0 Å². The van der Waals surface area contributed by atoms with E-state index in [2.05, 4.69) is 25.5 Å². The number of hydrogen-bond donors (Lipinski definition) is 1. The van der Waals surface area contributed by atoms with Crippen molar-refractivity contribution in [1.29, 1.82) is 0 Å². The van der Waals surface area contributed by atoms with Gasteiger partial charge in [-0.15, -0.1) is 0 Å². The average Bonchev–Trinajstić information content (AvgIpc) is 2.52. The number of rotatable bonds is 3. The smallest absolute Gasteiger partial charge is 0.127 e. The summed E-state index contributed by atoms with van der Waals surface area (Å²) in [5.41, 5.74) is 7.24. The fourth-order valence-corrected chi connectivity index (χ4v) is 2.61. The van der Waals surface area contributed by atoms with Crippen molar-refractivity contribution < 1.29 is 4.74 Å². The van der Waals surface area contributed by atoms with Gasteiger partial charge in [0.25, 0.3) is 0 Å². The van der Waals surface area contributed by atoms with Gasteiger partial charge in [0.2, 0.25) is 0 Å². The largest absolute Gasteiger partial charge is 0.384 e. The van der Waals surface area contributed by atoms with Gasteiger partial charge in [-0.25, -0.2) is 4.98 Å². The van der Waals surface area contributed by atoms with E-state index in [1.54, 1.807) is 7.11 Å². The van der Waals surface area contributed by atoms with Crippen LogP contribution >= 0.6 is 15.9 Å². The maximum atomic E-state index is 5.96. The molecule has 0 saturated heterocycles. The first-order valence-corrected chi connectivity index (χ1v) is 6.00. The minimum Gasteiger partial charge on any atom is -0.384 e. The van der Waals surface area contributed by atoms with E-state index in [9.17, 15) is 0 Å². The van der Waals surface area contributed by atoms with Crippen LogP contribution in [0.15, 0.2) is 4.60 Å². The van der Waals surface area contributed by atoms with Gasteiger partial charge in [0, 0.05) is 26.1 Å². The van der Waals surface area contributed by atoms with Gasteiger partial charge in [-0.05, 0) is 28.8 Å². The molecule has 2 heterocycles. The van der Waals surface area contributed by atoms with E-state index < -0.39 is 0 Å². The molecule has 1 aromatic rings. The number of hydrogen-bond acceptors (Lipinski definition) is 3. The number of ether oxygens (including phenoxy) is 1. The van der Waals surface area contributed by atoms with Gasteiger partial charge in [-0.3, -0.25) is 0 Å². The minimum absolute atomic E-state index is 0.264. The molecule has 15 heavy (non-hydrogen) atoms. The number of fused-ring (bicyclic) bond motifs is 1. The van der Waals surface area contributed by atoms with Crippen molar-refractivity contribution in [1.82, 2.24) is 9.55 Å². The molecule has 0 aromatic carbocycles. The van der Waals surface area contributed by atoms with Crippen LogP contribution in [-0.2, 0) is 24.1 Å². The molecule has 1 aliphatic rings. The first-order valence-electron chi connectivity index (χ1n) is 5.20. The van der Waals surface area contributed by atoms with Crippen molar-refractivity contribution in [2.75, 3.05) is 13.7 Å². The van der Waals surface area contributed by atoms with Crippen LogP contribution in [0.4, 0.5) is 0 Å². The van der Waals surface area contributed by atoms with Gasteiger partial charge in [0.1, 0.15) is 10.4 Å². The summed E-state index contributed by atoms with van der Waals surface area (Å²) in [4.78, 5) is 4.51. The molecule has 1 aromatic heterocycles. The number of nitrogens with zero attached hydrogens (tertiary/aromatic N) is 2. The van der Waals surface area contributed by atoms with Crippen molar-refractivity contribution in [3.8, 4) is 0 Å². The molecule has 0 fully saturated rings. The van der Waals surface area contributed by atoms with E-state index in [0.29, 0.717) is 6.61 Å². The predicted octanol–water partition coefficient (Wildman–Crippen LogP) is 1.11. The quantitative estimate of drug-likeness (QED) is 0.898. The third-order valence-corrected chi connectivity index (χ3v) is 3.44. The summed E-state index contributed by atoms with van der Waals surface area (Å²) in [6, 6.07) is 0.264. The lowest BCUT2D eigenvalue weighted by atomic mass is 10.1. The maximum Gasteiger partial charge on any atom is 0.127 e. The number of methoxy groups -OCH3 is 1. The highest BCUT2D eigenvalue weighted by atomic mass is 79.9. The van der Waals surface area contributed by atoms with E-state index in [1.807, 2.05) is 0 Å². The van der Waals surface area contributed by atoms with Gasteiger partial charge in [-0.2, -0.15) is 0 Å². The molecule has 0 bridgehead atoms. The number of halogens is 1. The zero-order valence-electron chi connectivity index (χ0n) is 8.87. The molecule has 0 spiro atoms. The molecule has 84 valence electrons. The highest BCUT2D eigenvalue weighted by molar-refractivity contribution is 9.10. The molecule has 0 aliphatic carbocycles. The van der Waals surface area contributed by atoms with Gasteiger partial charge in [0.05, 0.1) is 12.3 Å². The lowest BCUT2D eigenvalue weighted by Crippen LogP contribution is -2.32. The van der Waals surface area contributed by atoms with Gasteiger partial charge in [-0.1, -0.05) is 0 Å². The number of imidazole rings is 1. The van der Waals surface area contributed by atoms with Crippen LogP contribution in [-0.4, -0.2) is 29.3 Å². The zero-order valence-corrected chi connectivity index (χ0v) is 10.5. The van der Waals surface area contributed by atoms with Gasteiger partial charge >= 0.3 is 0 Å². The molecular weight excluding hydrogens is 258 g/mol. The fourth-order valence-electron chi connectivity index (χ4n) is 1.99. The number of nitrogens with two attached hydrogens (primary N) is 1. The van der Waals surface area contributed by atoms with Crippen LogP contribution in [0.1, 0.15) is 17.9 Å². The molecule has 0 radical (unpaired) electrons. The molecule has 2 rings (SSSR count). The van der Waals surface area contributed by atoms with Crippen LogP contribution in [0, 0.1) is 0 Å². The lowest BCUT2D eigenvalue weighted by molar-refractivity contribution is 0.199. The predicted molar refractivity (Wildman–Crippen MR) is 61.8 cm³/mol. The van der Waals surface area contributed by atoms with Crippen molar-refractivity contribution in [3.63, 3.8) is 0 Å². The zero-order chi connectivity index (χ0) is 10.8. The summed E-state index contributed by atoms with van der Waals surface area (Å²) in [5, 5.41) is 0. The molecular formula is C10H16BrN3O. The first-order chi connectivity index (χ1) is 7.22. The Morgan fingerprint density at radius 3 is 3.20 bits per heavy atom. The summed E-state index contributed by atoms with van der Waals surface area (Å²) < 4.78 is 8.28. The lowest BCUT2D eigenvalue weighted by Gasteiger charge is -2.22. The van der Waals surface area contributed by atoms with Crippen LogP contribution in [0.25, 0.3) is 0 Å². The first kappa shape index (κ1) is 11.1. The summed E-state index contributed by atoms with van der Waals surface area (Å²) in [6.07, 6.45) is 2.91. The highest BCUT2D eigenvalue weighted by Gasteiger charge is 2.21. The summed E-state index contributed by atoms with van der Waals surface area (Å²) in [5.74, 6) is 1.08. The van der Waals surface area contributed by atoms with Gasteiger partial charge < -0.3 is 15.0 Å². The monoisotopic (exact) mass is 273 g/mol. The van der Waals surface area contributed by atoms with E-state index in [0.717, 1.165) is 36.2 Å². The third kappa shape index (κ3) is 2.24. The average molecular weight is 274 g/mol. The van der Waals surface area contributed by atoms with Crippen LogP contribution in [0.3, 0.4) is 0 Å². The summed E-state index contributed by atoms with van der Waals surface area (Å²) in [6.45, 7) is 1.59. The molecule has 5 heteroatoms. The molecule has 1 aliphatic heterocycles. The Labute approximate surface area is 97.9 Å². The van der Waals surface area contributed by atoms with E-state index in [4.69, 9.17) is 10.5 Å².